The van der Waals surface area contributed by atoms with Crippen LogP contribution in [0, 0.1) is 0 Å². The first-order valence-corrected chi connectivity index (χ1v) is 5.50. The monoisotopic (exact) mass is 221 g/mol. The number of rotatable bonds is 9. The lowest BCUT2D eigenvalue weighted by atomic mass is 10.0. The van der Waals surface area contributed by atoms with Crippen molar-refractivity contribution >= 4 is 41.0 Å². The van der Waals surface area contributed by atoms with Gasteiger partial charge in [0.1, 0.15) is 6.29 Å². The molecule has 0 saturated carbocycles. The summed E-state index contributed by atoms with van der Waals surface area (Å²) in [6.07, 6.45) is 1.81. The van der Waals surface area contributed by atoms with Gasteiger partial charge in [0.05, 0.1) is 6.61 Å². The minimum absolute atomic E-state index is 0.0374. The highest BCUT2D eigenvalue weighted by Crippen LogP contribution is 2.09. The van der Waals surface area contributed by atoms with Crippen LogP contribution in [0.4, 0.5) is 0 Å². The van der Waals surface area contributed by atoms with Gasteiger partial charge in [0, 0.05) is 12.5 Å². The van der Waals surface area contributed by atoms with E-state index in [1.165, 1.54) is 0 Å². The van der Waals surface area contributed by atoms with E-state index >= 15 is 0 Å². The summed E-state index contributed by atoms with van der Waals surface area (Å²) in [4.78, 5) is 10.3. The maximum absolute atomic E-state index is 10.3. The van der Waals surface area contributed by atoms with Gasteiger partial charge in [-0.1, -0.05) is 18.7 Å². The van der Waals surface area contributed by atoms with Gasteiger partial charge >= 0.3 is 6.64 Å². The SMILES string of the molecule is [3H][B]SOCC[C@H](CC=O)OB(C)P. The molecule has 1 radical (unpaired) electrons. The summed E-state index contributed by atoms with van der Waals surface area (Å²) in [5.41, 5.74) is 0. The van der Waals surface area contributed by atoms with Crippen molar-refractivity contribution in [1.29, 1.82) is 1.34 Å². The van der Waals surface area contributed by atoms with Gasteiger partial charge in [-0.2, -0.15) is 0 Å². The van der Waals surface area contributed by atoms with Crippen molar-refractivity contribution in [1.82, 2.24) is 0 Å². The van der Waals surface area contributed by atoms with E-state index in [9.17, 15) is 4.79 Å². The fourth-order valence-electron chi connectivity index (χ4n) is 0.880. The predicted octanol–water partition coefficient (Wildman–Crippen LogP) is 0.824. The molecule has 73 valence electrons. The van der Waals surface area contributed by atoms with Crippen LogP contribution in [0.3, 0.4) is 0 Å². The first kappa shape index (κ1) is 11.6. The topological polar surface area (TPSA) is 35.5 Å². The molecular weight excluding hydrogens is 205 g/mol. The molecule has 7 heteroatoms. The third-order valence-corrected chi connectivity index (χ3v) is 1.82. The summed E-state index contributed by atoms with van der Waals surface area (Å²) in [5, 5.41) is 0. The summed E-state index contributed by atoms with van der Waals surface area (Å²) >= 11 is 0.980. The van der Waals surface area contributed by atoms with Crippen molar-refractivity contribution < 1.29 is 13.6 Å². The van der Waals surface area contributed by atoms with Crippen molar-refractivity contribution in [2.75, 3.05) is 6.61 Å². The molecule has 0 aromatic rings. The number of carbonyl (C=O) groups is 1. The minimum atomic E-state index is -0.0914. The Morgan fingerprint density at radius 3 is 3.23 bits per heavy atom. The Hall–Kier alpha value is 0.500. The summed E-state index contributed by atoms with van der Waals surface area (Å²) in [6.45, 7) is 2.42. The van der Waals surface area contributed by atoms with Gasteiger partial charge in [-0.25, -0.2) is 0 Å². The maximum atomic E-state index is 10.3. The summed E-state index contributed by atoms with van der Waals surface area (Å²) in [7, 11) is 3.64. The molecule has 0 aliphatic carbocycles. The van der Waals surface area contributed by atoms with E-state index in [-0.39, 0.29) is 12.7 Å². The standard InChI is InChI=1S/C6H14B2O3PS/c1-8(12)11-6(2-4-9)3-5-10-13-7/h4,6-7H,2-3,5,12H2,1H3/t6-/m0/s1/i7T. The van der Waals surface area contributed by atoms with Gasteiger partial charge in [0.2, 0.25) is 7.09 Å². The van der Waals surface area contributed by atoms with Gasteiger partial charge in [0.25, 0.3) is 0 Å². The molecule has 0 aromatic carbocycles. The van der Waals surface area contributed by atoms with E-state index < -0.39 is 0 Å². The van der Waals surface area contributed by atoms with Gasteiger partial charge in [-0.05, 0) is 7.76 Å². The lowest BCUT2D eigenvalue weighted by molar-refractivity contribution is -0.109. The molecule has 0 N–H and O–H groups in total. The second kappa shape index (κ2) is 9.07. The minimum Gasteiger partial charge on any atom is -0.429 e. The highest BCUT2D eigenvalue weighted by Gasteiger charge is 2.11. The van der Waals surface area contributed by atoms with Crippen LogP contribution in [0.1, 0.15) is 12.8 Å². The second-order valence-corrected chi connectivity index (χ2v) is 3.94. The van der Waals surface area contributed by atoms with Crippen LogP contribution < -0.4 is 0 Å². The molecule has 3 nitrogen and oxygen atoms in total. The van der Waals surface area contributed by atoms with E-state index in [1.54, 1.807) is 0 Å². The fourth-order valence-corrected chi connectivity index (χ4v) is 1.29. The van der Waals surface area contributed by atoms with E-state index in [0.717, 1.165) is 25.3 Å². The van der Waals surface area contributed by atoms with E-state index in [0.29, 0.717) is 19.4 Å². The fraction of sp³-hybridized carbons (Fsp3) is 0.833. The summed E-state index contributed by atoms with van der Waals surface area (Å²) in [5.74, 6) is 0. The zero-order valence-corrected chi connectivity index (χ0v) is 9.61. The molecule has 2 atom stereocenters. The van der Waals surface area contributed by atoms with Crippen LogP contribution in [0.2, 0.25) is 6.82 Å². The number of hydrogen-bond donors (Lipinski definition) is 0. The zero-order chi connectivity index (χ0) is 10.8. The smallest absolute Gasteiger partial charge is 0.312 e. The molecule has 0 amide bonds. The highest BCUT2D eigenvalue weighted by molar-refractivity contribution is 8.15. The van der Waals surface area contributed by atoms with Crippen LogP contribution in [-0.2, 0) is 13.6 Å². The van der Waals surface area contributed by atoms with Crippen LogP contribution in [0.25, 0.3) is 0 Å². The molecule has 0 aliphatic rings. The third-order valence-electron chi connectivity index (χ3n) is 1.36. The lowest BCUT2D eigenvalue weighted by Gasteiger charge is -2.16. The van der Waals surface area contributed by atoms with E-state index in [1.807, 2.05) is 6.82 Å². The molecule has 0 heterocycles. The number of carbonyl (C=O) groups excluding carboxylic acids is 1. The molecule has 0 saturated heterocycles. The Morgan fingerprint density at radius 2 is 2.69 bits per heavy atom. The quantitative estimate of drug-likeness (QED) is 0.190. The molecular formula is C6H14B2O3PS. The van der Waals surface area contributed by atoms with Gasteiger partial charge < -0.3 is 13.6 Å². The second-order valence-electron chi connectivity index (χ2n) is 2.57. The van der Waals surface area contributed by atoms with Crippen LogP contribution in [-0.4, -0.2) is 34.1 Å². The van der Waals surface area contributed by atoms with Crippen molar-refractivity contribution in [3.8, 4) is 0 Å². The predicted molar refractivity (Wildman–Crippen MR) is 62.2 cm³/mol. The molecule has 0 spiro atoms. The Kier molecular flexibility index (Phi) is 8.08. The molecule has 0 bridgehead atoms. The molecule has 0 rings (SSSR count). The number of hydrogen-bond acceptors (Lipinski definition) is 4. The largest absolute Gasteiger partial charge is 0.429 e. The highest BCUT2D eigenvalue weighted by atomic mass is 32.2. The Morgan fingerprint density at radius 1 is 1.92 bits per heavy atom. The first-order valence-electron chi connectivity index (χ1n) is 4.61. The average Bonchev–Trinajstić information content (AvgIpc) is 2.12. The van der Waals surface area contributed by atoms with Gasteiger partial charge in [-0.15, -0.1) is 9.12 Å². The third kappa shape index (κ3) is 8.82. The molecule has 0 fully saturated rings. The van der Waals surface area contributed by atoms with E-state index in [4.69, 9.17) is 10.2 Å². The van der Waals surface area contributed by atoms with Crippen molar-refractivity contribution in [2.45, 2.75) is 25.8 Å². The molecule has 13 heavy (non-hydrogen) atoms. The number of aldehydes is 1. The van der Waals surface area contributed by atoms with Crippen molar-refractivity contribution in [2.24, 2.45) is 0 Å². The van der Waals surface area contributed by atoms with Crippen molar-refractivity contribution in [3.63, 3.8) is 0 Å². The first-order chi connectivity index (χ1) is 6.70. The van der Waals surface area contributed by atoms with Crippen molar-refractivity contribution in [3.05, 3.63) is 0 Å². The van der Waals surface area contributed by atoms with Crippen LogP contribution >= 0.6 is 21.0 Å². The van der Waals surface area contributed by atoms with Crippen LogP contribution in [0.15, 0.2) is 0 Å². The van der Waals surface area contributed by atoms with Gasteiger partial charge in [-0.3, -0.25) is 0 Å². The Labute approximate surface area is 88.8 Å². The molecule has 0 aliphatic heterocycles. The van der Waals surface area contributed by atoms with Crippen LogP contribution in [0.5, 0.6) is 0 Å². The normalized spacial score (nSPS) is 13.2. The Bertz CT molecular complexity index is 155. The average molecular weight is 221 g/mol. The lowest BCUT2D eigenvalue weighted by Crippen LogP contribution is -2.20. The van der Waals surface area contributed by atoms with E-state index in [2.05, 4.69) is 9.12 Å². The van der Waals surface area contributed by atoms with Gasteiger partial charge in [0.15, 0.2) is 0 Å². The summed E-state index contributed by atoms with van der Waals surface area (Å²) < 4.78 is 17.2. The molecule has 0 aromatic heterocycles. The zero-order valence-electron chi connectivity index (χ0n) is 8.64. The maximum Gasteiger partial charge on any atom is 0.312 e. The summed E-state index contributed by atoms with van der Waals surface area (Å²) in [6, 6.07) is 0. The Balaban J connectivity index is 3.56. The molecule has 1 unspecified atom stereocenters.